The lowest BCUT2D eigenvalue weighted by Gasteiger charge is -2.36. The molecule has 10 nitrogen and oxygen atoms in total. The van der Waals surface area contributed by atoms with Crippen molar-refractivity contribution in [1.82, 2.24) is 15.6 Å². The van der Waals surface area contributed by atoms with Crippen LogP contribution in [0.2, 0.25) is 0 Å². The summed E-state index contributed by atoms with van der Waals surface area (Å²) >= 11 is 1.16. The minimum Gasteiger partial charge on any atom is -0.460 e. The maximum atomic E-state index is 12.5. The minimum absolute atomic E-state index is 0.0459. The number of hydrogen-bond donors (Lipinski definition) is 4. The molecule has 0 unspecified atom stereocenters. The van der Waals surface area contributed by atoms with Gasteiger partial charge in [0.2, 0.25) is 11.8 Å². The lowest BCUT2D eigenvalue weighted by Crippen LogP contribution is -2.63. The van der Waals surface area contributed by atoms with Crippen molar-refractivity contribution in [2.75, 3.05) is 6.54 Å². The van der Waals surface area contributed by atoms with E-state index in [1.807, 2.05) is 0 Å². The molecule has 0 aliphatic carbocycles. The third-order valence-corrected chi connectivity index (χ3v) is 5.12. The zero-order chi connectivity index (χ0) is 22.6. The molecule has 1 aromatic heterocycles. The van der Waals surface area contributed by atoms with Gasteiger partial charge in [0, 0.05) is 18.3 Å². The molecule has 1 aliphatic rings. The van der Waals surface area contributed by atoms with Crippen LogP contribution in [-0.2, 0) is 30.3 Å². The van der Waals surface area contributed by atoms with Crippen LogP contribution in [0.15, 0.2) is 5.38 Å². The number of nitrogens with one attached hydrogen (secondary N) is 3. The molecule has 1 saturated heterocycles. The van der Waals surface area contributed by atoms with Crippen molar-refractivity contribution in [1.29, 1.82) is 5.41 Å². The molecule has 1 aromatic rings. The summed E-state index contributed by atoms with van der Waals surface area (Å²) in [4.78, 5) is 51.9. The first-order valence-corrected chi connectivity index (χ1v) is 10.4. The van der Waals surface area contributed by atoms with Gasteiger partial charge in [-0.1, -0.05) is 0 Å². The van der Waals surface area contributed by atoms with Crippen LogP contribution in [0.1, 0.15) is 44.8 Å². The van der Waals surface area contributed by atoms with Crippen LogP contribution in [0, 0.1) is 11.3 Å². The summed E-state index contributed by atoms with van der Waals surface area (Å²) in [6.45, 7) is 6.99. The van der Waals surface area contributed by atoms with Crippen LogP contribution in [-0.4, -0.2) is 58.5 Å². The molecule has 2 heterocycles. The monoisotopic (exact) mass is 437 g/mol. The topological polar surface area (TPSA) is 164 Å². The molecule has 11 heteroatoms. The molecule has 0 saturated carbocycles. The van der Waals surface area contributed by atoms with Crippen LogP contribution in [0.5, 0.6) is 0 Å². The average Bonchev–Trinajstić information content (AvgIpc) is 3.08. The molecular formula is C19H27N5O5S. The standard InChI is InChI=1S/C19H27N5O5S/c1-9(20)17(27)22-7-11-10(18(28)24-11)5-13(25)16(21)12-8-30-14(23-12)6-15(26)29-19(2,3)4/h8-11,21H,5-7,20H2,1-4H3,(H,22,27)(H,24,28)/t9-,10+,11-/m1/s1. The first kappa shape index (κ1) is 23.6. The van der Waals surface area contributed by atoms with Crippen LogP contribution < -0.4 is 16.4 Å². The van der Waals surface area contributed by atoms with Crippen molar-refractivity contribution in [2.45, 2.75) is 58.2 Å². The molecule has 1 fully saturated rings. The van der Waals surface area contributed by atoms with Crippen molar-refractivity contribution in [3.8, 4) is 0 Å². The van der Waals surface area contributed by atoms with Crippen molar-refractivity contribution in [3.05, 3.63) is 16.1 Å². The van der Waals surface area contributed by atoms with Crippen LogP contribution in [0.3, 0.4) is 0 Å². The third-order valence-electron chi connectivity index (χ3n) is 4.27. The highest BCUT2D eigenvalue weighted by molar-refractivity contribution is 7.10. The van der Waals surface area contributed by atoms with E-state index < -0.39 is 35.4 Å². The first-order chi connectivity index (χ1) is 13.9. The van der Waals surface area contributed by atoms with E-state index in [-0.39, 0.29) is 42.6 Å². The summed E-state index contributed by atoms with van der Waals surface area (Å²) in [5, 5.41) is 15.3. The molecule has 0 bridgehead atoms. The summed E-state index contributed by atoms with van der Waals surface area (Å²) in [6.07, 6.45) is -0.210. The predicted octanol–water partition coefficient (Wildman–Crippen LogP) is -0.0676. The highest BCUT2D eigenvalue weighted by Crippen LogP contribution is 2.21. The fraction of sp³-hybridized carbons (Fsp3) is 0.579. The Morgan fingerprint density at radius 2 is 2.07 bits per heavy atom. The molecule has 0 aromatic carbocycles. The van der Waals surface area contributed by atoms with Gasteiger partial charge in [-0.3, -0.25) is 24.6 Å². The number of nitrogens with zero attached hydrogens (tertiary/aromatic N) is 1. The Balaban J connectivity index is 1.90. The van der Waals surface area contributed by atoms with Gasteiger partial charge in [0.25, 0.3) is 0 Å². The third kappa shape index (κ3) is 6.42. The van der Waals surface area contributed by atoms with E-state index in [2.05, 4.69) is 15.6 Å². The molecule has 3 atom stereocenters. The molecule has 0 spiro atoms. The number of nitrogens with two attached hydrogens (primary N) is 1. The van der Waals surface area contributed by atoms with E-state index in [9.17, 15) is 19.2 Å². The Hall–Kier alpha value is -2.66. The highest BCUT2D eigenvalue weighted by Gasteiger charge is 2.41. The molecule has 1 aliphatic heterocycles. The smallest absolute Gasteiger partial charge is 0.313 e. The fourth-order valence-corrected chi connectivity index (χ4v) is 3.50. The molecule has 164 valence electrons. The number of rotatable bonds is 9. The van der Waals surface area contributed by atoms with Gasteiger partial charge in [-0.15, -0.1) is 11.3 Å². The number of esters is 1. The largest absolute Gasteiger partial charge is 0.460 e. The van der Waals surface area contributed by atoms with Crippen molar-refractivity contribution >= 4 is 40.6 Å². The number of carbonyl (C=O) groups is 4. The van der Waals surface area contributed by atoms with Gasteiger partial charge in [-0.05, 0) is 27.7 Å². The summed E-state index contributed by atoms with van der Waals surface area (Å²) in [6, 6.07) is -1.07. The van der Waals surface area contributed by atoms with Gasteiger partial charge < -0.3 is 21.1 Å². The van der Waals surface area contributed by atoms with Gasteiger partial charge in [-0.25, -0.2) is 4.98 Å². The molecule has 30 heavy (non-hydrogen) atoms. The van der Waals surface area contributed by atoms with E-state index in [4.69, 9.17) is 15.9 Å². The molecule has 2 amide bonds. The Labute approximate surface area is 178 Å². The van der Waals surface area contributed by atoms with Gasteiger partial charge in [-0.2, -0.15) is 0 Å². The highest BCUT2D eigenvalue weighted by atomic mass is 32.1. The number of carbonyl (C=O) groups excluding carboxylic acids is 4. The number of ether oxygens (including phenoxy) is 1. The lowest BCUT2D eigenvalue weighted by atomic mass is 9.84. The van der Waals surface area contributed by atoms with Crippen LogP contribution in [0.4, 0.5) is 0 Å². The minimum atomic E-state index is -0.673. The van der Waals surface area contributed by atoms with Crippen molar-refractivity contribution in [2.24, 2.45) is 11.7 Å². The number of amides is 2. The Morgan fingerprint density at radius 3 is 2.63 bits per heavy atom. The number of Topliss-reactive ketones (excluding diaryl/α,β-unsaturated/α-hetero) is 1. The molecule has 5 N–H and O–H groups in total. The van der Waals surface area contributed by atoms with E-state index in [0.717, 1.165) is 11.3 Å². The fourth-order valence-electron chi connectivity index (χ4n) is 2.73. The van der Waals surface area contributed by atoms with E-state index in [1.165, 1.54) is 5.38 Å². The Bertz CT molecular complexity index is 858. The second-order valence-corrected chi connectivity index (χ2v) is 9.09. The number of hydrogen-bond acceptors (Lipinski definition) is 9. The SMILES string of the molecule is C[C@@H](N)C(=O)NC[C@H]1NC(=O)[C@H]1CC(=O)C(=N)c1csc(CC(=O)OC(C)(C)C)n1. The van der Waals surface area contributed by atoms with E-state index in [1.54, 1.807) is 27.7 Å². The predicted molar refractivity (Wildman–Crippen MR) is 110 cm³/mol. The molecule has 2 rings (SSSR count). The number of thiazole rings is 1. The number of aromatic nitrogens is 1. The summed E-state index contributed by atoms with van der Waals surface area (Å²) < 4.78 is 5.24. The van der Waals surface area contributed by atoms with Crippen LogP contribution >= 0.6 is 11.3 Å². The number of ketones is 1. The zero-order valence-electron chi connectivity index (χ0n) is 17.4. The molecular weight excluding hydrogens is 410 g/mol. The maximum absolute atomic E-state index is 12.5. The summed E-state index contributed by atoms with van der Waals surface area (Å²) in [5.74, 6) is -2.27. The average molecular weight is 438 g/mol. The Morgan fingerprint density at radius 1 is 1.40 bits per heavy atom. The number of β-lactam (4-membered cyclic amide) rings is 1. The van der Waals surface area contributed by atoms with Crippen molar-refractivity contribution in [3.63, 3.8) is 0 Å². The molecule has 0 radical (unpaired) electrons. The lowest BCUT2D eigenvalue weighted by molar-refractivity contribution is -0.154. The normalized spacial score (nSPS) is 19.3. The second kappa shape index (κ2) is 9.43. The summed E-state index contributed by atoms with van der Waals surface area (Å²) in [5.41, 5.74) is 4.70. The second-order valence-electron chi connectivity index (χ2n) is 8.15. The quantitative estimate of drug-likeness (QED) is 0.238. The zero-order valence-corrected chi connectivity index (χ0v) is 18.2. The van der Waals surface area contributed by atoms with Gasteiger partial charge >= 0.3 is 5.97 Å². The summed E-state index contributed by atoms with van der Waals surface area (Å²) in [7, 11) is 0. The first-order valence-electron chi connectivity index (χ1n) is 9.49. The van der Waals surface area contributed by atoms with E-state index >= 15 is 0 Å². The van der Waals surface area contributed by atoms with E-state index in [0.29, 0.717) is 5.01 Å². The van der Waals surface area contributed by atoms with Gasteiger partial charge in [0.15, 0.2) is 5.78 Å². The maximum Gasteiger partial charge on any atom is 0.313 e. The Kier molecular flexibility index (Phi) is 7.43. The van der Waals surface area contributed by atoms with Gasteiger partial charge in [0.05, 0.1) is 24.4 Å². The van der Waals surface area contributed by atoms with Crippen LogP contribution in [0.25, 0.3) is 0 Å². The van der Waals surface area contributed by atoms with Gasteiger partial charge in [0.1, 0.15) is 22.0 Å². The van der Waals surface area contributed by atoms with Crippen molar-refractivity contribution < 1.29 is 23.9 Å².